The average molecular weight is 276 g/mol. The number of aromatic amines is 1. The van der Waals surface area contributed by atoms with Crippen LogP contribution in [-0.4, -0.2) is 46.3 Å². The molecule has 1 fully saturated rings. The van der Waals surface area contributed by atoms with Crippen LogP contribution in [0.2, 0.25) is 0 Å². The van der Waals surface area contributed by atoms with Crippen molar-refractivity contribution in [1.82, 2.24) is 20.0 Å². The molecule has 1 aliphatic heterocycles. The van der Waals surface area contributed by atoms with Gasteiger partial charge in [-0.2, -0.15) is 0 Å². The van der Waals surface area contributed by atoms with Gasteiger partial charge in [-0.3, -0.25) is 14.4 Å². The third kappa shape index (κ3) is 3.05. The Kier molecular flexibility index (Phi) is 3.78. The molecule has 2 aromatic rings. The van der Waals surface area contributed by atoms with Gasteiger partial charge in [0.15, 0.2) is 0 Å². The van der Waals surface area contributed by atoms with E-state index in [1.54, 1.807) is 18.3 Å². The number of ether oxygens (including phenoxy) is 1. The van der Waals surface area contributed by atoms with Crippen molar-refractivity contribution >= 4 is 0 Å². The van der Waals surface area contributed by atoms with Gasteiger partial charge < -0.3 is 4.74 Å². The van der Waals surface area contributed by atoms with Crippen molar-refractivity contribution in [2.45, 2.75) is 12.8 Å². The summed E-state index contributed by atoms with van der Waals surface area (Å²) in [7, 11) is 0. The zero-order chi connectivity index (χ0) is 13.8. The molecule has 0 unspecified atom stereocenters. The van der Waals surface area contributed by atoms with Crippen LogP contribution in [0.4, 0.5) is 0 Å². The SMILES string of the molecule is O=c1[nH]c(-c2ccc(OCCN3CCCC3)cn2)no1. The summed E-state index contributed by atoms with van der Waals surface area (Å²) < 4.78 is 10.1. The maximum absolute atomic E-state index is 10.9. The summed E-state index contributed by atoms with van der Waals surface area (Å²) in [6, 6.07) is 3.54. The summed E-state index contributed by atoms with van der Waals surface area (Å²) >= 11 is 0. The number of H-pyrrole nitrogens is 1. The molecule has 3 heterocycles. The molecule has 1 saturated heterocycles. The summed E-state index contributed by atoms with van der Waals surface area (Å²) in [5.74, 6) is 0.435. The van der Waals surface area contributed by atoms with Crippen molar-refractivity contribution in [2.75, 3.05) is 26.2 Å². The Hall–Kier alpha value is -2.15. The highest BCUT2D eigenvalue weighted by molar-refractivity contribution is 5.48. The van der Waals surface area contributed by atoms with Crippen LogP contribution in [0.25, 0.3) is 11.5 Å². The molecular formula is C13H16N4O3. The number of pyridine rings is 1. The van der Waals surface area contributed by atoms with Crippen molar-refractivity contribution in [3.8, 4) is 17.3 Å². The fourth-order valence-corrected chi connectivity index (χ4v) is 2.24. The van der Waals surface area contributed by atoms with Gasteiger partial charge in [0.25, 0.3) is 0 Å². The Morgan fingerprint density at radius 3 is 2.85 bits per heavy atom. The molecule has 0 amide bonds. The number of nitrogens with zero attached hydrogens (tertiary/aromatic N) is 3. The van der Waals surface area contributed by atoms with Crippen LogP contribution < -0.4 is 10.5 Å². The molecule has 106 valence electrons. The van der Waals surface area contributed by atoms with Gasteiger partial charge in [-0.25, -0.2) is 9.78 Å². The summed E-state index contributed by atoms with van der Waals surface area (Å²) in [6.07, 6.45) is 4.19. The van der Waals surface area contributed by atoms with Crippen LogP contribution in [0.1, 0.15) is 12.8 Å². The van der Waals surface area contributed by atoms with Gasteiger partial charge in [0, 0.05) is 6.54 Å². The van der Waals surface area contributed by atoms with Crippen LogP contribution in [0.3, 0.4) is 0 Å². The Bertz CT molecular complexity index is 599. The lowest BCUT2D eigenvalue weighted by molar-refractivity contribution is 0.237. The summed E-state index contributed by atoms with van der Waals surface area (Å²) in [6.45, 7) is 3.93. The lowest BCUT2D eigenvalue weighted by Gasteiger charge is -2.14. The molecule has 7 nitrogen and oxygen atoms in total. The van der Waals surface area contributed by atoms with E-state index in [2.05, 4.69) is 24.5 Å². The number of hydrogen-bond acceptors (Lipinski definition) is 6. The summed E-state index contributed by atoms with van der Waals surface area (Å²) in [4.78, 5) is 19.9. The van der Waals surface area contributed by atoms with Crippen molar-refractivity contribution in [3.05, 3.63) is 28.9 Å². The van der Waals surface area contributed by atoms with Crippen molar-refractivity contribution in [1.29, 1.82) is 0 Å². The third-order valence-electron chi connectivity index (χ3n) is 3.29. The summed E-state index contributed by atoms with van der Waals surface area (Å²) in [5, 5.41) is 3.58. The molecule has 3 rings (SSSR count). The molecule has 0 bridgehead atoms. The molecule has 0 aromatic carbocycles. The second kappa shape index (κ2) is 5.87. The molecule has 0 saturated carbocycles. The van der Waals surface area contributed by atoms with Crippen molar-refractivity contribution in [2.24, 2.45) is 0 Å². The van der Waals surface area contributed by atoms with Gasteiger partial charge in [0.2, 0.25) is 5.82 Å². The van der Waals surface area contributed by atoms with Crippen LogP contribution in [0, 0.1) is 0 Å². The first-order valence-electron chi connectivity index (χ1n) is 6.69. The maximum atomic E-state index is 10.9. The normalized spacial score (nSPS) is 15.6. The lowest BCUT2D eigenvalue weighted by atomic mass is 10.3. The topological polar surface area (TPSA) is 84.3 Å². The Balaban J connectivity index is 1.54. The number of nitrogens with one attached hydrogen (secondary N) is 1. The van der Waals surface area contributed by atoms with E-state index in [0.717, 1.165) is 6.54 Å². The van der Waals surface area contributed by atoms with Gasteiger partial charge >= 0.3 is 5.76 Å². The van der Waals surface area contributed by atoms with E-state index < -0.39 is 5.76 Å². The van der Waals surface area contributed by atoms with E-state index in [-0.39, 0.29) is 0 Å². The maximum Gasteiger partial charge on any atom is 0.439 e. The molecule has 2 aromatic heterocycles. The molecule has 20 heavy (non-hydrogen) atoms. The fourth-order valence-electron chi connectivity index (χ4n) is 2.24. The minimum atomic E-state index is -0.590. The van der Waals surface area contributed by atoms with E-state index in [1.807, 2.05) is 0 Å². The first-order chi connectivity index (χ1) is 9.81. The van der Waals surface area contributed by atoms with Gasteiger partial charge in [-0.15, -0.1) is 0 Å². The van der Waals surface area contributed by atoms with Crippen molar-refractivity contribution < 1.29 is 9.26 Å². The van der Waals surface area contributed by atoms with Crippen LogP contribution in [-0.2, 0) is 0 Å². The second-order valence-corrected chi connectivity index (χ2v) is 4.72. The fraction of sp³-hybridized carbons (Fsp3) is 0.462. The van der Waals surface area contributed by atoms with E-state index in [0.29, 0.717) is 23.9 Å². The highest BCUT2D eigenvalue weighted by Crippen LogP contribution is 2.15. The minimum absolute atomic E-state index is 0.318. The van der Waals surface area contributed by atoms with Crippen LogP contribution in [0.15, 0.2) is 27.6 Å². The molecule has 1 aliphatic rings. The number of hydrogen-bond donors (Lipinski definition) is 1. The van der Waals surface area contributed by atoms with E-state index in [1.165, 1.54) is 25.9 Å². The largest absolute Gasteiger partial charge is 0.491 e. The summed E-state index contributed by atoms with van der Waals surface area (Å²) in [5.41, 5.74) is 0.544. The Labute approximate surface area is 115 Å². The highest BCUT2D eigenvalue weighted by atomic mass is 16.5. The zero-order valence-electron chi connectivity index (χ0n) is 11.0. The monoisotopic (exact) mass is 276 g/mol. The second-order valence-electron chi connectivity index (χ2n) is 4.72. The predicted octanol–water partition coefficient (Wildman–Crippen LogP) is 0.899. The number of rotatable bonds is 5. The molecule has 0 radical (unpaired) electrons. The first-order valence-corrected chi connectivity index (χ1v) is 6.69. The number of aromatic nitrogens is 3. The van der Waals surface area contributed by atoms with Crippen LogP contribution in [0.5, 0.6) is 5.75 Å². The molecule has 0 atom stereocenters. The Morgan fingerprint density at radius 1 is 1.35 bits per heavy atom. The first kappa shape index (κ1) is 12.9. The Morgan fingerprint density at radius 2 is 2.20 bits per heavy atom. The lowest BCUT2D eigenvalue weighted by Crippen LogP contribution is -2.25. The van der Waals surface area contributed by atoms with E-state index >= 15 is 0 Å². The molecule has 0 aliphatic carbocycles. The number of likely N-dealkylation sites (tertiary alicyclic amines) is 1. The standard InChI is InChI=1S/C13H16N4O3/c18-13-15-12(16-20-13)11-4-3-10(9-14-11)19-8-7-17-5-1-2-6-17/h3-4,9H,1-2,5-8H2,(H,15,16,18). The molecule has 0 spiro atoms. The molecular weight excluding hydrogens is 260 g/mol. The smallest absolute Gasteiger partial charge is 0.439 e. The van der Waals surface area contributed by atoms with E-state index in [4.69, 9.17) is 4.74 Å². The highest BCUT2D eigenvalue weighted by Gasteiger charge is 2.11. The van der Waals surface area contributed by atoms with Gasteiger partial charge in [0.1, 0.15) is 18.1 Å². The quantitative estimate of drug-likeness (QED) is 0.873. The minimum Gasteiger partial charge on any atom is -0.491 e. The van der Waals surface area contributed by atoms with Gasteiger partial charge in [0.05, 0.1) is 6.20 Å². The van der Waals surface area contributed by atoms with Crippen molar-refractivity contribution in [3.63, 3.8) is 0 Å². The third-order valence-corrected chi connectivity index (χ3v) is 3.29. The average Bonchev–Trinajstić information content (AvgIpc) is 3.11. The van der Waals surface area contributed by atoms with Gasteiger partial charge in [-0.05, 0) is 38.1 Å². The van der Waals surface area contributed by atoms with Gasteiger partial charge in [-0.1, -0.05) is 5.16 Å². The molecule has 7 heteroatoms. The molecule has 1 N–H and O–H groups in total. The zero-order valence-corrected chi connectivity index (χ0v) is 11.0. The van der Waals surface area contributed by atoms with Crippen LogP contribution >= 0.6 is 0 Å². The predicted molar refractivity (Wildman–Crippen MR) is 71.5 cm³/mol. The van der Waals surface area contributed by atoms with E-state index in [9.17, 15) is 4.79 Å².